The van der Waals surface area contributed by atoms with Crippen molar-refractivity contribution in [3.8, 4) is 0 Å². The minimum atomic E-state index is -4.67. The van der Waals surface area contributed by atoms with Gasteiger partial charge >= 0.3 is 61.8 Å². The molecule has 0 saturated carbocycles. The van der Waals surface area contributed by atoms with Gasteiger partial charge in [-0.05, 0) is 13.8 Å². The molecule has 6 heteroatoms. The van der Waals surface area contributed by atoms with Crippen molar-refractivity contribution in [2.45, 2.75) is 13.8 Å². The van der Waals surface area contributed by atoms with Crippen molar-refractivity contribution < 1.29 is 70.3 Å². The molecule has 0 aliphatic heterocycles. The van der Waals surface area contributed by atoms with Gasteiger partial charge in [0.1, 0.15) is 0 Å². The summed E-state index contributed by atoms with van der Waals surface area (Å²) in [6.45, 7) is 4.19. The van der Waals surface area contributed by atoms with E-state index in [0.29, 0.717) is 0 Å². The minimum absolute atomic E-state index is 0. The van der Waals surface area contributed by atoms with Crippen LogP contribution in [0, 0.1) is 13.8 Å². The molecule has 0 aromatic heterocycles. The Kier molecular flexibility index (Phi) is 9.72. The quantitative estimate of drug-likeness (QED) is 0.442. The molecule has 1 rings (SSSR count). The van der Waals surface area contributed by atoms with E-state index in [-0.39, 0.29) is 52.8 Å². The molecule has 1 aromatic carbocycles. The van der Waals surface area contributed by atoms with E-state index >= 15 is 0 Å². The summed E-state index contributed by atoms with van der Waals surface area (Å²) in [5.74, 6) is 0. The largest absolute Gasteiger partial charge is 1.00 e. The first-order valence-electron chi connectivity index (χ1n) is 3.52. The molecule has 1 aromatic rings. The molecule has 14 heavy (non-hydrogen) atoms. The van der Waals surface area contributed by atoms with Crippen LogP contribution in [0.4, 0.5) is 0 Å². The van der Waals surface area contributed by atoms with Gasteiger partial charge in [0.2, 0.25) is 0 Å². The molecule has 0 bridgehead atoms. The van der Waals surface area contributed by atoms with Crippen LogP contribution < -0.4 is 51.4 Å². The van der Waals surface area contributed by atoms with Gasteiger partial charge in [-0.15, -0.1) is 0 Å². The van der Waals surface area contributed by atoms with E-state index in [1.807, 2.05) is 0 Å². The van der Waals surface area contributed by atoms with E-state index in [1.54, 1.807) is 0 Å². The smallest absolute Gasteiger partial charge is 1.00 e. The molecule has 0 radical (unpaired) electrons. The Morgan fingerprint density at radius 1 is 1.00 bits per heavy atom. The van der Waals surface area contributed by atoms with Gasteiger partial charge in [-0.2, -0.15) is 8.42 Å². The third-order valence-corrected chi connectivity index (χ3v) is 1.22. The van der Waals surface area contributed by atoms with E-state index in [0.717, 1.165) is 0 Å². The Hall–Kier alpha value is 0.726. The number of aryl methyl sites for hydroxylation is 2. The molecule has 0 aliphatic rings. The average molecular weight is 244 g/mol. The normalized spacial score (nSPS) is 9.43. The number of hydrogen-bond donors (Lipinski definition) is 2. The monoisotopic (exact) mass is 244 g/mol. The summed E-state index contributed by atoms with van der Waals surface area (Å²) in [7, 11) is -4.67. The van der Waals surface area contributed by atoms with Gasteiger partial charge in [-0.1, -0.05) is 35.4 Å². The molecule has 0 aliphatic carbocycles. The summed E-state index contributed by atoms with van der Waals surface area (Å²) in [6.07, 6.45) is 0. The molecule has 0 unspecified atom stereocenters. The summed E-state index contributed by atoms with van der Waals surface area (Å²) < 4.78 is 31.6. The van der Waals surface area contributed by atoms with Crippen LogP contribution in [0.25, 0.3) is 0 Å². The molecule has 0 amide bonds. The van der Waals surface area contributed by atoms with E-state index < -0.39 is 10.4 Å². The van der Waals surface area contributed by atoms with Gasteiger partial charge in [0.25, 0.3) is 0 Å². The van der Waals surface area contributed by atoms with Crippen molar-refractivity contribution in [3.63, 3.8) is 0 Å². The second-order valence-corrected chi connectivity index (χ2v) is 3.50. The zero-order valence-electron chi connectivity index (χ0n) is 9.43. The van der Waals surface area contributed by atoms with Crippen molar-refractivity contribution in [3.05, 3.63) is 35.4 Å². The van der Waals surface area contributed by atoms with Crippen molar-refractivity contribution in [2.75, 3.05) is 0 Å². The molecule has 0 heterocycles. The van der Waals surface area contributed by atoms with Gasteiger partial charge in [0.15, 0.2) is 0 Å². The summed E-state index contributed by atoms with van der Waals surface area (Å²) in [5, 5.41) is 0. The van der Waals surface area contributed by atoms with E-state index in [2.05, 4.69) is 38.1 Å². The van der Waals surface area contributed by atoms with Crippen LogP contribution in [0.15, 0.2) is 24.3 Å². The summed E-state index contributed by atoms with van der Waals surface area (Å²) in [4.78, 5) is 0. The third-order valence-electron chi connectivity index (χ3n) is 1.22. The maximum absolute atomic E-state index is 8.74. The van der Waals surface area contributed by atoms with Gasteiger partial charge in [-0.3, -0.25) is 9.11 Å². The Morgan fingerprint density at radius 3 is 1.29 bits per heavy atom. The van der Waals surface area contributed by atoms with Gasteiger partial charge in [-0.25, -0.2) is 0 Å². The van der Waals surface area contributed by atoms with Crippen molar-refractivity contribution >= 4 is 10.4 Å². The fourth-order valence-electron chi connectivity index (χ4n) is 0.637. The van der Waals surface area contributed by atoms with E-state index in [9.17, 15) is 0 Å². The Balaban J connectivity index is -0.000000185. The maximum Gasteiger partial charge on any atom is 1.00 e. The summed E-state index contributed by atoms with van der Waals surface area (Å²) in [5.41, 5.74) is 2.66. The Bertz CT molecular complexity index is 320. The predicted octanol–water partition coefficient (Wildman–Crippen LogP) is -1.23. The zero-order valence-corrected chi connectivity index (χ0v) is 12.4. The first-order chi connectivity index (χ1) is 5.79. The van der Waals surface area contributed by atoms with Crippen molar-refractivity contribution in [1.29, 1.82) is 0 Å². The predicted molar refractivity (Wildman–Crippen MR) is 51.2 cm³/mol. The van der Waals surface area contributed by atoms with Crippen molar-refractivity contribution in [1.82, 2.24) is 0 Å². The molecular weight excluding hydrogens is 231 g/mol. The van der Waals surface area contributed by atoms with Crippen LogP contribution in [-0.4, -0.2) is 17.5 Å². The van der Waals surface area contributed by atoms with E-state index in [1.165, 1.54) is 11.1 Å². The number of hydrogen-bond acceptors (Lipinski definition) is 2. The first-order valence-corrected chi connectivity index (χ1v) is 4.92. The zero-order chi connectivity index (χ0) is 10.5. The number of rotatable bonds is 0. The molecule has 2 N–H and O–H groups in total. The first kappa shape index (κ1) is 17.1. The molecule has 0 atom stereocenters. The molecule has 0 fully saturated rings. The van der Waals surface area contributed by atoms with Crippen LogP contribution >= 0.6 is 0 Å². The Morgan fingerprint density at radius 2 is 1.14 bits per heavy atom. The fraction of sp³-hybridized carbons (Fsp3) is 0.250. The number of benzene rings is 1. The molecular formula is C8H13KO4S. The SMILES string of the molecule is Cc1ccc(C)cc1.O=S(=O)(O)O.[H-].[K+]. The molecule has 0 saturated heterocycles. The standard InChI is InChI=1S/C8H10.K.H2O4S.H/c1-7-3-5-8(2)6-4-7;;1-5(2,3)4;/h3-6H,1-2H3;;(H2,1,2,3,4);/q;+1;;-1. The van der Waals surface area contributed by atoms with Gasteiger partial charge in [0.05, 0.1) is 0 Å². The van der Waals surface area contributed by atoms with Gasteiger partial charge in [0, 0.05) is 0 Å². The second-order valence-electron chi connectivity index (χ2n) is 2.60. The van der Waals surface area contributed by atoms with Crippen LogP contribution in [0.2, 0.25) is 0 Å². The van der Waals surface area contributed by atoms with Crippen LogP contribution in [-0.2, 0) is 10.4 Å². The molecule has 4 nitrogen and oxygen atoms in total. The topological polar surface area (TPSA) is 74.6 Å². The fourth-order valence-corrected chi connectivity index (χ4v) is 0.637. The maximum atomic E-state index is 8.74. The van der Waals surface area contributed by atoms with E-state index in [4.69, 9.17) is 17.5 Å². The summed E-state index contributed by atoms with van der Waals surface area (Å²) in [6, 6.07) is 8.48. The van der Waals surface area contributed by atoms with Crippen LogP contribution in [0.5, 0.6) is 0 Å². The summed E-state index contributed by atoms with van der Waals surface area (Å²) >= 11 is 0. The second kappa shape index (κ2) is 7.95. The van der Waals surface area contributed by atoms with Crippen molar-refractivity contribution in [2.24, 2.45) is 0 Å². The molecule has 0 spiro atoms. The third kappa shape index (κ3) is 15.2. The average Bonchev–Trinajstić information content (AvgIpc) is 1.92. The molecule has 76 valence electrons. The van der Waals surface area contributed by atoms with Crippen LogP contribution in [0.1, 0.15) is 12.6 Å². The Labute approximate surface area is 128 Å². The minimum Gasteiger partial charge on any atom is -1.00 e. The van der Waals surface area contributed by atoms with Gasteiger partial charge < -0.3 is 1.43 Å². The van der Waals surface area contributed by atoms with Crippen LogP contribution in [0.3, 0.4) is 0 Å².